The summed E-state index contributed by atoms with van der Waals surface area (Å²) in [4.78, 5) is 35.8. The molecule has 7 heteroatoms. The molecule has 2 N–H and O–H groups in total. The highest BCUT2D eigenvalue weighted by molar-refractivity contribution is 6.31. The van der Waals surface area contributed by atoms with Crippen LogP contribution in [0.4, 0.5) is 11.4 Å². The minimum absolute atomic E-state index is 0.199. The average Bonchev–Trinajstić information content (AvgIpc) is 2.93. The van der Waals surface area contributed by atoms with Gasteiger partial charge in [0.2, 0.25) is 11.8 Å². The standard InChI is InChI=1S/C19H16ClN3O3/c1-11(24)21-14-4-3-5-15(9-14)22-19(26)17-10-23(12(2)25)18-8-13(20)6-7-16(17)18/h3-10H,1-2H3,(H,21,24)(H,22,26). The van der Waals surface area contributed by atoms with Crippen molar-refractivity contribution in [3.05, 3.63) is 59.2 Å². The number of nitrogens with one attached hydrogen (secondary N) is 2. The van der Waals surface area contributed by atoms with Gasteiger partial charge in [0.25, 0.3) is 5.91 Å². The van der Waals surface area contributed by atoms with Crippen LogP contribution in [0.15, 0.2) is 48.7 Å². The number of benzene rings is 2. The summed E-state index contributed by atoms with van der Waals surface area (Å²) >= 11 is 6.01. The Labute approximate surface area is 154 Å². The van der Waals surface area contributed by atoms with Crippen molar-refractivity contribution in [2.24, 2.45) is 0 Å². The maximum absolute atomic E-state index is 12.7. The first kappa shape index (κ1) is 17.7. The Hall–Kier alpha value is -3.12. The molecule has 0 saturated heterocycles. The van der Waals surface area contributed by atoms with E-state index in [0.717, 1.165) is 0 Å². The third-order valence-corrected chi connectivity index (χ3v) is 4.03. The number of fused-ring (bicyclic) bond motifs is 1. The molecule has 0 atom stereocenters. The number of rotatable bonds is 3. The highest BCUT2D eigenvalue weighted by Crippen LogP contribution is 2.26. The van der Waals surface area contributed by atoms with E-state index in [4.69, 9.17) is 11.6 Å². The van der Waals surface area contributed by atoms with E-state index in [0.29, 0.717) is 32.9 Å². The molecule has 3 rings (SSSR count). The molecule has 0 unspecified atom stereocenters. The zero-order valence-corrected chi connectivity index (χ0v) is 14.9. The Kier molecular flexibility index (Phi) is 4.77. The third-order valence-electron chi connectivity index (χ3n) is 3.79. The molecule has 2 aromatic carbocycles. The third kappa shape index (κ3) is 3.60. The van der Waals surface area contributed by atoms with Crippen LogP contribution in [0.1, 0.15) is 29.0 Å². The van der Waals surface area contributed by atoms with E-state index >= 15 is 0 Å². The largest absolute Gasteiger partial charge is 0.326 e. The first-order valence-corrected chi connectivity index (χ1v) is 8.23. The summed E-state index contributed by atoms with van der Waals surface area (Å²) in [5.41, 5.74) is 2.03. The van der Waals surface area contributed by atoms with E-state index in [9.17, 15) is 14.4 Å². The lowest BCUT2D eigenvalue weighted by molar-refractivity contribution is -0.114. The van der Waals surface area contributed by atoms with E-state index in [1.807, 2.05) is 0 Å². The molecule has 2 amide bonds. The van der Waals surface area contributed by atoms with Crippen LogP contribution in [0.3, 0.4) is 0 Å². The van der Waals surface area contributed by atoms with Crippen LogP contribution in [-0.4, -0.2) is 22.3 Å². The second-order valence-electron chi connectivity index (χ2n) is 5.81. The quantitative estimate of drug-likeness (QED) is 0.727. The molecule has 0 spiro atoms. The first-order chi connectivity index (χ1) is 12.3. The van der Waals surface area contributed by atoms with E-state index in [1.165, 1.54) is 24.6 Å². The minimum atomic E-state index is -0.364. The number of aromatic nitrogens is 1. The Morgan fingerprint density at radius 3 is 2.31 bits per heavy atom. The number of halogens is 1. The molecule has 6 nitrogen and oxygen atoms in total. The lowest BCUT2D eigenvalue weighted by Gasteiger charge is -2.07. The maximum Gasteiger partial charge on any atom is 0.257 e. The summed E-state index contributed by atoms with van der Waals surface area (Å²) < 4.78 is 1.39. The number of carbonyl (C=O) groups excluding carboxylic acids is 3. The summed E-state index contributed by atoms with van der Waals surface area (Å²) in [7, 11) is 0. The fraction of sp³-hybridized carbons (Fsp3) is 0.105. The number of carbonyl (C=O) groups is 3. The summed E-state index contributed by atoms with van der Waals surface area (Å²) in [6.07, 6.45) is 1.50. The number of hydrogen-bond donors (Lipinski definition) is 2. The fourth-order valence-electron chi connectivity index (χ4n) is 2.72. The Morgan fingerprint density at radius 2 is 1.65 bits per heavy atom. The average molecular weight is 370 g/mol. The van der Waals surface area contributed by atoms with Gasteiger partial charge in [0.1, 0.15) is 0 Å². The van der Waals surface area contributed by atoms with E-state index in [2.05, 4.69) is 10.6 Å². The lowest BCUT2D eigenvalue weighted by Crippen LogP contribution is -2.12. The van der Waals surface area contributed by atoms with E-state index in [1.54, 1.807) is 42.5 Å². The summed E-state index contributed by atoms with van der Waals surface area (Å²) in [6.45, 7) is 2.83. The van der Waals surface area contributed by atoms with Gasteiger partial charge < -0.3 is 10.6 Å². The molecule has 0 radical (unpaired) electrons. The van der Waals surface area contributed by atoms with Gasteiger partial charge in [0.05, 0.1) is 11.1 Å². The number of hydrogen-bond acceptors (Lipinski definition) is 3. The first-order valence-electron chi connectivity index (χ1n) is 7.85. The van der Waals surface area contributed by atoms with Gasteiger partial charge in [-0.15, -0.1) is 0 Å². The zero-order valence-electron chi connectivity index (χ0n) is 14.2. The summed E-state index contributed by atoms with van der Waals surface area (Å²) in [5, 5.41) is 6.55. The molecule has 132 valence electrons. The van der Waals surface area contributed by atoms with Crippen molar-refractivity contribution in [2.45, 2.75) is 13.8 Å². The highest BCUT2D eigenvalue weighted by Gasteiger charge is 2.17. The molecule has 0 aliphatic rings. The molecule has 0 aliphatic carbocycles. The van der Waals surface area contributed by atoms with Crippen LogP contribution in [0.5, 0.6) is 0 Å². The normalized spacial score (nSPS) is 10.6. The molecule has 0 bridgehead atoms. The van der Waals surface area contributed by atoms with Gasteiger partial charge >= 0.3 is 0 Å². The monoisotopic (exact) mass is 369 g/mol. The van der Waals surface area contributed by atoms with Gasteiger partial charge in [0.15, 0.2) is 0 Å². The van der Waals surface area contributed by atoms with Crippen molar-refractivity contribution in [1.82, 2.24) is 4.57 Å². The smallest absolute Gasteiger partial charge is 0.257 e. The fourth-order valence-corrected chi connectivity index (χ4v) is 2.88. The van der Waals surface area contributed by atoms with Gasteiger partial charge in [-0.3, -0.25) is 19.0 Å². The van der Waals surface area contributed by atoms with Crippen molar-refractivity contribution in [3.63, 3.8) is 0 Å². The van der Waals surface area contributed by atoms with E-state index in [-0.39, 0.29) is 17.7 Å². The molecular weight excluding hydrogens is 354 g/mol. The van der Waals surface area contributed by atoms with Crippen LogP contribution in [0.25, 0.3) is 10.9 Å². The SMILES string of the molecule is CC(=O)Nc1cccc(NC(=O)c2cn(C(C)=O)c3cc(Cl)ccc23)c1. The molecular formula is C19H16ClN3O3. The molecule has 1 aromatic heterocycles. The van der Waals surface area contributed by atoms with Crippen LogP contribution >= 0.6 is 11.6 Å². The summed E-state index contributed by atoms with van der Waals surface area (Å²) in [6, 6.07) is 11.8. The minimum Gasteiger partial charge on any atom is -0.326 e. The second kappa shape index (κ2) is 7.01. The Morgan fingerprint density at radius 1 is 0.962 bits per heavy atom. The van der Waals surface area contributed by atoms with Crippen molar-refractivity contribution in [2.75, 3.05) is 10.6 Å². The lowest BCUT2D eigenvalue weighted by atomic mass is 10.1. The Bertz CT molecular complexity index is 1040. The highest BCUT2D eigenvalue weighted by atomic mass is 35.5. The molecule has 0 saturated carbocycles. The number of amides is 2. The van der Waals surface area contributed by atoms with Crippen LogP contribution in [0, 0.1) is 0 Å². The van der Waals surface area contributed by atoms with Crippen molar-refractivity contribution in [1.29, 1.82) is 0 Å². The molecule has 26 heavy (non-hydrogen) atoms. The maximum atomic E-state index is 12.7. The predicted octanol–water partition coefficient (Wildman–Crippen LogP) is 4.17. The number of anilines is 2. The number of nitrogens with zero attached hydrogens (tertiary/aromatic N) is 1. The van der Waals surface area contributed by atoms with E-state index < -0.39 is 0 Å². The second-order valence-corrected chi connectivity index (χ2v) is 6.25. The van der Waals surface area contributed by atoms with Crippen molar-refractivity contribution < 1.29 is 14.4 Å². The predicted molar refractivity (Wildman–Crippen MR) is 102 cm³/mol. The molecule has 1 heterocycles. The topological polar surface area (TPSA) is 80.2 Å². The molecule has 3 aromatic rings. The zero-order chi connectivity index (χ0) is 18.8. The van der Waals surface area contributed by atoms with Gasteiger partial charge in [-0.05, 0) is 30.3 Å². The Balaban J connectivity index is 1.96. The van der Waals surface area contributed by atoms with Gasteiger partial charge in [-0.2, -0.15) is 0 Å². The van der Waals surface area contributed by atoms with Gasteiger partial charge in [0, 0.05) is 41.8 Å². The van der Waals surface area contributed by atoms with Crippen LogP contribution in [0.2, 0.25) is 5.02 Å². The van der Waals surface area contributed by atoms with Crippen LogP contribution < -0.4 is 10.6 Å². The van der Waals surface area contributed by atoms with Crippen molar-refractivity contribution in [3.8, 4) is 0 Å². The van der Waals surface area contributed by atoms with Gasteiger partial charge in [-0.1, -0.05) is 23.7 Å². The van der Waals surface area contributed by atoms with Crippen molar-refractivity contribution >= 4 is 51.6 Å². The molecule has 0 fully saturated rings. The van der Waals surface area contributed by atoms with Crippen LogP contribution in [-0.2, 0) is 4.79 Å². The summed E-state index contributed by atoms with van der Waals surface area (Å²) in [5.74, 6) is -0.781. The molecule has 0 aliphatic heterocycles. The van der Waals surface area contributed by atoms with Gasteiger partial charge in [-0.25, -0.2) is 0 Å².